The van der Waals surface area contributed by atoms with Crippen LogP contribution in [-0.4, -0.2) is 32.2 Å². The summed E-state index contributed by atoms with van der Waals surface area (Å²) in [5, 5.41) is 8.11. The Balaban J connectivity index is 1.87. The van der Waals surface area contributed by atoms with E-state index in [-0.39, 0.29) is 5.97 Å². The standard InChI is InChI=1S/C19H19N3O2S3/c1-20-17-13(7-8-16-21-10-12-25-16)5-4-6-14(17)22(2)27-15-9-11-26-18(15)19(23)24-3/h4-12,20H,1-3H3/b8-7+. The average molecular weight is 418 g/mol. The summed E-state index contributed by atoms with van der Waals surface area (Å²) in [6, 6.07) is 8.05. The zero-order valence-electron chi connectivity index (χ0n) is 15.1. The van der Waals surface area contributed by atoms with Gasteiger partial charge in [0.15, 0.2) is 0 Å². The van der Waals surface area contributed by atoms with Gasteiger partial charge < -0.3 is 14.4 Å². The molecule has 140 valence electrons. The average Bonchev–Trinajstić information content (AvgIpc) is 3.37. The number of aromatic nitrogens is 1. The number of thiophene rings is 1. The number of hydrogen-bond acceptors (Lipinski definition) is 8. The lowest BCUT2D eigenvalue weighted by Crippen LogP contribution is -2.10. The number of esters is 1. The van der Waals surface area contributed by atoms with E-state index >= 15 is 0 Å². The number of benzene rings is 1. The number of ether oxygens (including phenoxy) is 1. The van der Waals surface area contributed by atoms with Crippen LogP contribution in [0.5, 0.6) is 0 Å². The summed E-state index contributed by atoms with van der Waals surface area (Å²) < 4.78 is 6.91. The van der Waals surface area contributed by atoms with Crippen LogP contribution in [-0.2, 0) is 4.74 Å². The van der Waals surface area contributed by atoms with E-state index < -0.39 is 0 Å². The summed E-state index contributed by atoms with van der Waals surface area (Å²) in [4.78, 5) is 17.7. The minimum absolute atomic E-state index is 0.310. The minimum atomic E-state index is -0.310. The van der Waals surface area contributed by atoms with Crippen molar-refractivity contribution in [3.8, 4) is 0 Å². The number of para-hydroxylation sites is 1. The largest absolute Gasteiger partial charge is 0.465 e. The molecular formula is C19H19N3O2S3. The Labute approximate surface area is 170 Å². The molecular weight excluding hydrogens is 398 g/mol. The van der Waals surface area contributed by atoms with Crippen LogP contribution >= 0.6 is 34.6 Å². The van der Waals surface area contributed by atoms with Crippen LogP contribution in [0.3, 0.4) is 0 Å². The van der Waals surface area contributed by atoms with Gasteiger partial charge >= 0.3 is 5.97 Å². The molecule has 0 radical (unpaired) electrons. The van der Waals surface area contributed by atoms with Gasteiger partial charge in [-0.15, -0.1) is 22.7 Å². The first-order valence-electron chi connectivity index (χ1n) is 8.10. The number of hydrogen-bond donors (Lipinski definition) is 1. The molecule has 8 heteroatoms. The van der Waals surface area contributed by atoms with Crippen molar-refractivity contribution in [2.24, 2.45) is 0 Å². The molecule has 0 aliphatic carbocycles. The third-order valence-electron chi connectivity index (χ3n) is 3.76. The first kappa shape index (κ1) is 19.5. The number of nitrogens with one attached hydrogen (secondary N) is 1. The van der Waals surface area contributed by atoms with Gasteiger partial charge in [0.1, 0.15) is 9.88 Å². The number of anilines is 2. The van der Waals surface area contributed by atoms with Crippen molar-refractivity contribution >= 4 is 64.1 Å². The van der Waals surface area contributed by atoms with Gasteiger partial charge in [-0.25, -0.2) is 9.78 Å². The van der Waals surface area contributed by atoms with Crippen molar-refractivity contribution in [3.05, 3.63) is 56.7 Å². The first-order valence-corrected chi connectivity index (χ1v) is 10.6. The maximum atomic E-state index is 11.9. The van der Waals surface area contributed by atoms with E-state index in [1.165, 1.54) is 30.4 Å². The third kappa shape index (κ3) is 4.52. The summed E-state index contributed by atoms with van der Waals surface area (Å²) in [6.45, 7) is 0. The van der Waals surface area contributed by atoms with Crippen LogP contribution in [0.15, 0.2) is 46.1 Å². The molecule has 2 aromatic heterocycles. The summed E-state index contributed by atoms with van der Waals surface area (Å²) in [7, 11) is 5.29. The first-order chi connectivity index (χ1) is 13.1. The van der Waals surface area contributed by atoms with Crippen LogP contribution in [0.4, 0.5) is 11.4 Å². The lowest BCUT2D eigenvalue weighted by molar-refractivity contribution is 0.0603. The zero-order valence-corrected chi connectivity index (χ0v) is 17.6. The highest BCUT2D eigenvalue weighted by molar-refractivity contribution is 8.00. The number of methoxy groups -OCH3 is 1. The van der Waals surface area contributed by atoms with Gasteiger partial charge in [0.05, 0.1) is 23.4 Å². The SMILES string of the molecule is CNc1c(/C=C/c2nccs2)cccc1N(C)Sc1ccsc1C(=O)OC. The van der Waals surface area contributed by atoms with Crippen LogP contribution in [0.1, 0.15) is 20.2 Å². The second-order valence-electron chi connectivity index (χ2n) is 5.39. The number of nitrogens with zero attached hydrogens (tertiary/aromatic N) is 2. The molecule has 0 aliphatic rings. The molecule has 0 saturated carbocycles. The van der Waals surface area contributed by atoms with Gasteiger partial charge in [-0.2, -0.15) is 0 Å². The predicted octanol–water partition coefficient (Wildman–Crippen LogP) is 5.35. The summed E-state index contributed by atoms with van der Waals surface area (Å²) in [5.41, 5.74) is 3.09. The topological polar surface area (TPSA) is 54.5 Å². The molecule has 0 fully saturated rings. The lowest BCUT2D eigenvalue weighted by atomic mass is 10.1. The van der Waals surface area contributed by atoms with Crippen molar-refractivity contribution in [3.63, 3.8) is 0 Å². The van der Waals surface area contributed by atoms with E-state index in [0.717, 1.165) is 26.8 Å². The summed E-state index contributed by atoms with van der Waals surface area (Å²) >= 11 is 4.48. The quantitative estimate of drug-likeness (QED) is 0.413. The lowest BCUT2D eigenvalue weighted by Gasteiger charge is -2.22. The van der Waals surface area contributed by atoms with Gasteiger partial charge in [0, 0.05) is 25.7 Å². The van der Waals surface area contributed by atoms with E-state index in [1.807, 2.05) is 53.4 Å². The summed E-state index contributed by atoms with van der Waals surface area (Å²) in [6.07, 6.45) is 5.85. The molecule has 2 heterocycles. The number of carbonyl (C=O) groups excluding carboxylic acids is 1. The molecule has 5 nitrogen and oxygen atoms in total. The van der Waals surface area contributed by atoms with Crippen molar-refractivity contribution in [2.75, 3.05) is 30.8 Å². The van der Waals surface area contributed by atoms with Gasteiger partial charge in [-0.3, -0.25) is 0 Å². The fourth-order valence-corrected chi connectivity index (χ4v) is 4.93. The highest BCUT2D eigenvalue weighted by atomic mass is 32.2. The molecule has 0 saturated heterocycles. The van der Waals surface area contributed by atoms with E-state index in [9.17, 15) is 4.79 Å². The second kappa shape index (κ2) is 9.07. The molecule has 0 bridgehead atoms. The van der Waals surface area contributed by atoms with E-state index in [0.29, 0.717) is 4.88 Å². The zero-order chi connectivity index (χ0) is 19.2. The maximum Gasteiger partial charge on any atom is 0.349 e. The highest BCUT2D eigenvalue weighted by Crippen LogP contribution is 2.38. The fraction of sp³-hybridized carbons (Fsp3) is 0.158. The van der Waals surface area contributed by atoms with Gasteiger partial charge in [0.25, 0.3) is 0 Å². The fourth-order valence-electron chi connectivity index (χ4n) is 2.52. The Morgan fingerprint density at radius 3 is 2.81 bits per heavy atom. The van der Waals surface area contributed by atoms with E-state index in [4.69, 9.17) is 4.74 Å². The monoisotopic (exact) mass is 417 g/mol. The Hall–Kier alpha value is -2.29. The Bertz CT molecular complexity index is 936. The number of rotatable bonds is 7. The Morgan fingerprint density at radius 1 is 1.26 bits per heavy atom. The molecule has 1 N–H and O–H groups in total. The number of carbonyl (C=O) groups is 1. The predicted molar refractivity (Wildman–Crippen MR) is 117 cm³/mol. The van der Waals surface area contributed by atoms with Crippen molar-refractivity contribution < 1.29 is 9.53 Å². The van der Waals surface area contributed by atoms with Gasteiger partial charge in [-0.1, -0.05) is 12.1 Å². The number of thiazole rings is 1. The van der Waals surface area contributed by atoms with Crippen molar-refractivity contribution in [1.82, 2.24) is 4.98 Å². The molecule has 0 unspecified atom stereocenters. The van der Waals surface area contributed by atoms with E-state index in [2.05, 4.69) is 22.4 Å². The van der Waals surface area contributed by atoms with Crippen molar-refractivity contribution in [2.45, 2.75) is 4.90 Å². The summed E-state index contributed by atoms with van der Waals surface area (Å²) in [5.74, 6) is -0.310. The molecule has 1 aromatic carbocycles. The van der Waals surface area contributed by atoms with Crippen LogP contribution in [0.25, 0.3) is 12.2 Å². The Morgan fingerprint density at radius 2 is 2.11 bits per heavy atom. The third-order valence-corrected chi connectivity index (χ3v) is 6.53. The highest BCUT2D eigenvalue weighted by Gasteiger charge is 2.18. The maximum absolute atomic E-state index is 11.9. The molecule has 27 heavy (non-hydrogen) atoms. The molecule has 0 aliphatic heterocycles. The smallest absolute Gasteiger partial charge is 0.349 e. The molecule has 3 aromatic rings. The normalized spacial score (nSPS) is 10.9. The van der Waals surface area contributed by atoms with Crippen LogP contribution < -0.4 is 9.62 Å². The van der Waals surface area contributed by atoms with Gasteiger partial charge in [-0.05, 0) is 47.2 Å². The molecule has 0 spiro atoms. The van der Waals surface area contributed by atoms with Crippen LogP contribution in [0.2, 0.25) is 0 Å². The second-order valence-corrected chi connectivity index (χ2v) is 8.40. The van der Waals surface area contributed by atoms with Crippen LogP contribution in [0, 0.1) is 0 Å². The molecule has 3 rings (SSSR count). The molecule has 0 amide bonds. The van der Waals surface area contributed by atoms with Gasteiger partial charge in [0.2, 0.25) is 0 Å². The Kier molecular flexibility index (Phi) is 6.54. The molecule has 0 atom stereocenters. The minimum Gasteiger partial charge on any atom is -0.465 e. The van der Waals surface area contributed by atoms with E-state index in [1.54, 1.807) is 17.5 Å². The van der Waals surface area contributed by atoms with Crippen molar-refractivity contribution in [1.29, 1.82) is 0 Å².